The highest BCUT2D eigenvalue weighted by Crippen LogP contribution is 2.50. The Bertz CT molecular complexity index is 1000. The molecule has 0 heterocycles. The number of benzene rings is 2. The highest BCUT2D eigenvalue weighted by Gasteiger charge is 2.44. The summed E-state index contributed by atoms with van der Waals surface area (Å²) in [5.41, 5.74) is 3.18. The average molecular weight is 407 g/mol. The summed E-state index contributed by atoms with van der Waals surface area (Å²) in [6.07, 6.45) is 0.739. The van der Waals surface area contributed by atoms with Crippen molar-refractivity contribution >= 4 is 33.2 Å². The van der Waals surface area contributed by atoms with Crippen LogP contribution in [0, 0.1) is 19.8 Å². The second kappa shape index (κ2) is 7.26. The molecular formula is C20H23ClN2O3S. The SMILES string of the molecule is Cc1cc(S(=O)(=O)N(C)C)cc(NC(=O)C2CC2c2ccccc2Cl)c1C. The first-order valence-electron chi connectivity index (χ1n) is 8.72. The van der Waals surface area contributed by atoms with Gasteiger partial charge in [0.05, 0.1) is 4.90 Å². The lowest BCUT2D eigenvalue weighted by Gasteiger charge is -2.16. The van der Waals surface area contributed by atoms with Gasteiger partial charge >= 0.3 is 0 Å². The molecule has 0 spiro atoms. The first kappa shape index (κ1) is 19.9. The van der Waals surface area contributed by atoms with Crippen molar-refractivity contribution in [2.45, 2.75) is 31.1 Å². The maximum Gasteiger partial charge on any atom is 0.242 e. The molecule has 1 aliphatic carbocycles. The van der Waals surface area contributed by atoms with Crippen molar-refractivity contribution in [3.63, 3.8) is 0 Å². The van der Waals surface area contributed by atoms with E-state index < -0.39 is 10.0 Å². The largest absolute Gasteiger partial charge is 0.326 e. The first-order valence-corrected chi connectivity index (χ1v) is 10.5. The van der Waals surface area contributed by atoms with Crippen LogP contribution in [0.3, 0.4) is 0 Å². The van der Waals surface area contributed by atoms with Crippen molar-refractivity contribution in [3.8, 4) is 0 Å². The smallest absolute Gasteiger partial charge is 0.242 e. The Labute approximate surface area is 165 Å². The first-order chi connectivity index (χ1) is 12.6. The number of carbonyl (C=O) groups excluding carboxylic acids is 1. The van der Waals surface area contributed by atoms with Crippen LogP contribution in [-0.4, -0.2) is 32.7 Å². The van der Waals surface area contributed by atoms with Gasteiger partial charge in [-0.3, -0.25) is 4.79 Å². The molecule has 144 valence electrons. The maximum absolute atomic E-state index is 12.7. The molecule has 27 heavy (non-hydrogen) atoms. The summed E-state index contributed by atoms with van der Waals surface area (Å²) in [5.74, 6) is -0.158. The summed E-state index contributed by atoms with van der Waals surface area (Å²) in [7, 11) is -0.599. The fourth-order valence-electron chi connectivity index (χ4n) is 3.15. The van der Waals surface area contributed by atoms with Crippen molar-refractivity contribution in [1.82, 2.24) is 4.31 Å². The molecule has 5 nitrogen and oxygen atoms in total. The van der Waals surface area contributed by atoms with Crippen LogP contribution < -0.4 is 5.32 Å². The summed E-state index contributed by atoms with van der Waals surface area (Å²) in [4.78, 5) is 12.9. The summed E-state index contributed by atoms with van der Waals surface area (Å²) < 4.78 is 26.1. The van der Waals surface area contributed by atoms with E-state index in [1.807, 2.05) is 38.1 Å². The van der Waals surface area contributed by atoms with Crippen LogP contribution in [-0.2, 0) is 14.8 Å². The van der Waals surface area contributed by atoms with Crippen LogP contribution in [0.25, 0.3) is 0 Å². The van der Waals surface area contributed by atoms with E-state index in [2.05, 4.69) is 5.32 Å². The van der Waals surface area contributed by atoms with Gasteiger partial charge in [0.15, 0.2) is 0 Å². The molecule has 0 aromatic heterocycles. The molecule has 0 aliphatic heterocycles. The average Bonchev–Trinajstić information content (AvgIpc) is 3.39. The van der Waals surface area contributed by atoms with Crippen LogP contribution >= 0.6 is 11.6 Å². The van der Waals surface area contributed by atoms with E-state index >= 15 is 0 Å². The maximum atomic E-state index is 12.7. The lowest BCUT2D eigenvalue weighted by atomic mass is 10.1. The number of hydrogen-bond donors (Lipinski definition) is 1. The van der Waals surface area contributed by atoms with Gasteiger partial charge < -0.3 is 5.32 Å². The number of nitrogens with one attached hydrogen (secondary N) is 1. The minimum absolute atomic E-state index is 0.105. The van der Waals surface area contributed by atoms with Crippen molar-refractivity contribution in [2.24, 2.45) is 5.92 Å². The fraction of sp³-hybridized carbons (Fsp3) is 0.350. The van der Waals surface area contributed by atoms with E-state index in [1.165, 1.54) is 20.2 Å². The summed E-state index contributed by atoms with van der Waals surface area (Å²) in [6.45, 7) is 3.71. The highest BCUT2D eigenvalue weighted by molar-refractivity contribution is 7.89. The second-order valence-corrected chi connectivity index (χ2v) is 9.72. The molecule has 2 aromatic carbocycles. The third-order valence-electron chi connectivity index (χ3n) is 5.11. The standard InChI is InChI=1S/C20H23ClN2O3S/c1-12-9-14(27(25,26)23(3)4)10-19(13(12)2)22-20(24)17-11-16(17)15-7-5-6-8-18(15)21/h5-10,16-17H,11H2,1-4H3,(H,22,24). The third-order valence-corrected chi connectivity index (χ3v) is 7.25. The van der Waals surface area contributed by atoms with Gasteiger partial charge in [-0.05, 0) is 61.1 Å². The Morgan fingerprint density at radius 2 is 1.85 bits per heavy atom. The Morgan fingerprint density at radius 1 is 1.19 bits per heavy atom. The topological polar surface area (TPSA) is 66.5 Å². The van der Waals surface area contributed by atoms with Gasteiger partial charge in [0.1, 0.15) is 0 Å². The number of carbonyl (C=O) groups is 1. The Morgan fingerprint density at radius 3 is 2.48 bits per heavy atom. The number of anilines is 1. The second-order valence-electron chi connectivity index (χ2n) is 7.16. The van der Waals surface area contributed by atoms with Crippen LogP contribution in [0.15, 0.2) is 41.3 Å². The molecule has 2 atom stereocenters. The Hall–Kier alpha value is -1.89. The third kappa shape index (κ3) is 3.88. The number of amides is 1. The van der Waals surface area contributed by atoms with E-state index in [9.17, 15) is 13.2 Å². The molecule has 0 radical (unpaired) electrons. The van der Waals surface area contributed by atoms with E-state index in [4.69, 9.17) is 11.6 Å². The molecule has 1 saturated carbocycles. The number of rotatable bonds is 5. The minimum Gasteiger partial charge on any atom is -0.326 e. The molecule has 7 heteroatoms. The summed E-state index contributed by atoms with van der Waals surface area (Å²) in [5, 5.41) is 3.59. The van der Waals surface area contributed by atoms with Crippen LogP contribution in [0.4, 0.5) is 5.69 Å². The zero-order chi connectivity index (χ0) is 19.9. The van der Waals surface area contributed by atoms with Gasteiger partial charge in [0.2, 0.25) is 15.9 Å². The zero-order valence-electron chi connectivity index (χ0n) is 15.8. The van der Waals surface area contributed by atoms with Gasteiger partial charge in [-0.25, -0.2) is 12.7 Å². The molecule has 1 N–H and O–H groups in total. The number of sulfonamides is 1. The summed E-state index contributed by atoms with van der Waals surface area (Å²) in [6, 6.07) is 10.7. The van der Waals surface area contributed by atoms with Crippen molar-refractivity contribution in [3.05, 3.63) is 58.1 Å². The number of halogens is 1. The molecule has 0 bridgehead atoms. The number of hydrogen-bond acceptors (Lipinski definition) is 3. The van der Waals surface area contributed by atoms with Crippen LogP contribution in [0.1, 0.15) is 29.0 Å². The molecule has 1 fully saturated rings. The molecule has 2 unspecified atom stereocenters. The normalized spacial score (nSPS) is 19.2. The quantitative estimate of drug-likeness (QED) is 0.817. The van der Waals surface area contributed by atoms with Crippen LogP contribution in [0.5, 0.6) is 0 Å². The predicted molar refractivity (Wildman–Crippen MR) is 108 cm³/mol. The number of nitrogens with zero attached hydrogens (tertiary/aromatic N) is 1. The molecule has 1 amide bonds. The van der Waals surface area contributed by atoms with E-state index in [0.29, 0.717) is 10.7 Å². The van der Waals surface area contributed by atoms with Crippen molar-refractivity contribution in [2.75, 3.05) is 19.4 Å². The summed E-state index contributed by atoms with van der Waals surface area (Å²) >= 11 is 6.23. The van der Waals surface area contributed by atoms with Crippen molar-refractivity contribution < 1.29 is 13.2 Å². The van der Waals surface area contributed by atoms with Crippen molar-refractivity contribution in [1.29, 1.82) is 0 Å². The molecule has 2 aromatic rings. The Kier molecular flexibility index (Phi) is 5.34. The van der Waals surface area contributed by atoms with Gasteiger partial charge in [-0.15, -0.1) is 0 Å². The van der Waals surface area contributed by atoms with Gasteiger partial charge in [-0.1, -0.05) is 29.8 Å². The molecule has 1 aliphatic rings. The highest BCUT2D eigenvalue weighted by atomic mass is 35.5. The molecule has 0 saturated heterocycles. The molecular weight excluding hydrogens is 384 g/mol. The molecule has 3 rings (SSSR count). The van der Waals surface area contributed by atoms with Gasteiger partial charge in [0, 0.05) is 30.7 Å². The van der Waals surface area contributed by atoms with Gasteiger partial charge in [-0.2, -0.15) is 0 Å². The van der Waals surface area contributed by atoms with E-state index in [1.54, 1.807) is 6.07 Å². The minimum atomic E-state index is -3.57. The predicted octanol–water partition coefficient (Wildman–Crippen LogP) is 3.95. The number of aryl methyl sites for hydroxylation is 1. The van der Waals surface area contributed by atoms with E-state index in [0.717, 1.165) is 27.4 Å². The fourth-order valence-corrected chi connectivity index (χ4v) is 4.44. The van der Waals surface area contributed by atoms with Crippen LogP contribution in [0.2, 0.25) is 5.02 Å². The Balaban J connectivity index is 1.83. The monoisotopic (exact) mass is 406 g/mol. The lowest BCUT2D eigenvalue weighted by molar-refractivity contribution is -0.117. The zero-order valence-corrected chi connectivity index (χ0v) is 17.4. The van der Waals surface area contributed by atoms with Gasteiger partial charge in [0.25, 0.3) is 0 Å². The van der Waals surface area contributed by atoms with E-state index in [-0.39, 0.29) is 22.6 Å². The lowest BCUT2D eigenvalue weighted by Crippen LogP contribution is -2.23.